The molecule has 0 N–H and O–H groups in total. The highest BCUT2D eigenvalue weighted by atomic mass is 16.3. The first-order valence-corrected chi connectivity index (χ1v) is 18.8. The third kappa shape index (κ3) is 3.96. The van der Waals surface area contributed by atoms with E-state index in [9.17, 15) is 0 Å². The van der Waals surface area contributed by atoms with Gasteiger partial charge in [0.2, 0.25) is 0 Å². The van der Waals surface area contributed by atoms with E-state index < -0.39 is 0 Å². The Labute approximate surface area is 311 Å². The van der Waals surface area contributed by atoms with Gasteiger partial charge in [-0.25, -0.2) is 0 Å². The lowest BCUT2D eigenvalue weighted by molar-refractivity contribution is 0.661. The Morgan fingerprint density at radius 1 is 0.370 bits per heavy atom. The summed E-state index contributed by atoms with van der Waals surface area (Å²) in [5, 5.41) is 7.25. The smallest absolute Gasteiger partial charge is 0.137 e. The van der Waals surface area contributed by atoms with E-state index in [1.54, 1.807) is 0 Å². The molecule has 3 heterocycles. The maximum absolute atomic E-state index is 6.59. The Kier molecular flexibility index (Phi) is 5.84. The zero-order valence-corrected chi connectivity index (χ0v) is 30.0. The topological polar surface area (TPSA) is 23.0 Å². The van der Waals surface area contributed by atoms with E-state index in [-0.39, 0.29) is 5.41 Å². The highest BCUT2D eigenvalue weighted by Crippen LogP contribution is 2.51. The van der Waals surface area contributed by atoms with Crippen molar-refractivity contribution in [3.63, 3.8) is 0 Å². The van der Waals surface area contributed by atoms with Crippen molar-refractivity contribution < 1.29 is 4.42 Å². The summed E-state index contributed by atoms with van der Waals surface area (Å²) >= 11 is 0. The van der Waals surface area contributed by atoms with Crippen LogP contribution in [0.1, 0.15) is 25.0 Å². The molecule has 8 aromatic carbocycles. The number of hydrogen-bond donors (Lipinski definition) is 0. The summed E-state index contributed by atoms with van der Waals surface area (Å²) in [6, 6.07) is 62.1. The first kappa shape index (κ1) is 29.7. The highest BCUT2D eigenvalue weighted by molar-refractivity contribution is 6.18. The maximum atomic E-state index is 6.59. The van der Waals surface area contributed by atoms with E-state index in [2.05, 4.69) is 193 Å². The maximum Gasteiger partial charge on any atom is 0.137 e. The van der Waals surface area contributed by atoms with Gasteiger partial charge in [-0.05, 0) is 106 Å². The molecule has 254 valence electrons. The first-order valence-electron chi connectivity index (χ1n) is 18.8. The first-order chi connectivity index (χ1) is 26.5. The van der Waals surface area contributed by atoms with Gasteiger partial charge in [0, 0.05) is 55.2 Å². The van der Waals surface area contributed by atoms with Gasteiger partial charge in [-0.1, -0.05) is 105 Å². The third-order valence-electron chi connectivity index (χ3n) is 12.1. The van der Waals surface area contributed by atoms with Crippen molar-refractivity contribution in [1.29, 1.82) is 0 Å². The summed E-state index contributed by atoms with van der Waals surface area (Å²) in [5.41, 5.74) is 16.6. The van der Waals surface area contributed by atoms with E-state index in [1.807, 2.05) is 0 Å². The molecule has 3 heteroatoms. The van der Waals surface area contributed by atoms with Crippen LogP contribution in [0.3, 0.4) is 0 Å². The van der Waals surface area contributed by atoms with E-state index in [0.29, 0.717) is 0 Å². The molecule has 3 aromatic heterocycles. The molecule has 0 aliphatic heterocycles. The molecule has 0 saturated carbocycles. The van der Waals surface area contributed by atoms with Gasteiger partial charge in [-0.2, -0.15) is 0 Å². The lowest BCUT2D eigenvalue weighted by Gasteiger charge is -2.21. The summed E-state index contributed by atoms with van der Waals surface area (Å²) < 4.78 is 11.4. The molecule has 11 aromatic rings. The summed E-state index contributed by atoms with van der Waals surface area (Å²) in [6.45, 7) is 4.72. The fourth-order valence-corrected chi connectivity index (χ4v) is 9.52. The number of benzene rings is 8. The van der Waals surface area contributed by atoms with Crippen LogP contribution in [0.5, 0.6) is 0 Å². The van der Waals surface area contributed by atoms with Crippen molar-refractivity contribution in [2.45, 2.75) is 19.3 Å². The molecule has 0 radical (unpaired) electrons. The number of para-hydroxylation sites is 3. The molecule has 0 saturated heterocycles. The normalized spacial score (nSPS) is 13.5. The minimum absolute atomic E-state index is 0.0753. The van der Waals surface area contributed by atoms with Gasteiger partial charge in [0.1, 0.15) is 11.2 Å². The minimum atomic E-state index is -0.0753. The minimum Gasteiger partial charge on any atom is -0.456 e. The molecule has 0 bridgehead atoms. The molecule has 0 spiro atoms. The van der Waals surface area contributed by atoms with E-state index in [1.165, 1.54) is 77.2 Å². The van der Waals surface area contributed by atoms with Gasteiger partial charge in [0.25, 0.3) is 0 Å². The van der Waals surface area contributed by atoms with Gasteiger partial charge in [-0.3, -0.25) is 0 Å². The number of rotatable bonds is 3. The Hall–Kier alpha value is -6.84. The second-order valence-corrected chi connectivity index (χ2v) is 15.4. The van der Waals surface area contributed by atoms with Crippen LogP contribution in [0.15, 0.2) is 174 Å². The zero-order chi connectivity index (χ0) is 35.7. The van der Waals surface area contributed by atoms with Gasteiger partial charge in [0.05, 0.1) is 22.1 Å². The van der Waals surface area contributed by atoms with Gasteiger partial charge in [-0.15, -0.1) is 0 Å². The summed E-state index contributed by atoms with van der Waals surface area (Å²) in [6.07, 6.45) is 0. The van der Waals surface area contributed by atoms with Crippen LogP contribution in [-0.4, -0.2) is 9.13 Å². The van der Waals surface area contributed by atoms with Crippen LogP contribution in [-0.2, 0) is 5.41 Å². The molecule has 0 amide bonds. The van der Waals surface area contributed by atoms with Crippen LogP contribution in [0, 0.1) is 0 Å². The molecular weight excluding hydrogens is 657 g/mol. The Morgan fingerprint density at radius 2 is 0.944 bits per heavy atom. The fraction of sp³-hybridized carbons (Fsp3) is 0.0588. The second kappa shape index (κ2) is 10.6. The van der Waals surface area contributed by atoms with Crippen LogP contribution >= 0.6 is 0 Å². The molecule has 3 nitrogen and oxygen atoms in total. The molecule has 1 aliphatic rings. The highest BCUT2D eigenvalue weighted by Gasteiger charge is 2.36. The lowest BCUT2D eigenvalue weighted by atomic mass is 9.82. The standard InChI is InChI=1S/C51H34N2O/c1-51(2)43-19-11-9-17-35(43)37-27-40-38-25-31(21-23-46(38)53(47(40)29-44(37)51)34-15-7-4-8-16-34)32-22-24-49-41(26-32)42-28-39-36-18-10-12-20-45(36)52(33-13-5-3-6-14-33)48(39)30-50(42)54-49/h3-30H,1-2H3. The second-order valence-electron chi connectivity index (χ2n) is 15.4. The Balaban J connectivity index is 1.08. The fourth-order valence-electron chi connectivity index (χ4n) is 9.52. The summed E-state index contributed by atoms with van der Waals surface area (Å²) in [7, 11) is 0. The van der Waals surface area contributed by atoms with Crippen LogP contribution in [0.2, 0.25) is 0 Å². The monoisotopic (exact) mass is 690 g/mol. The van der Waals surface area contributed by atoms with E-state index >= 15 is 0 Å². The quantitative estimate of drug-likeness (QED) is 0.181. The van der Waals surface area contributed by atoms with Crippen molar-refractivity contribution in [2.24, 2.45) is 0 Å². The van der Waals surface area contributed by atoms with Crippen molar-refractivity contribution in [3.05, 3.63) is 181 Å². The van der Waals surface area contributed by atoms with Crippen molar-refractivity contribution in [3.8, 4) is 33.6 Å². The predicted octanol–water partition coefficient (Wildman–Crippen LogP) is 13.8. The van der Waals surface area contributed by atoms with Crippen LogP contribution in [0.25, 0.3) is 99.2 Å². The van der Waals surface area contributed by atoms with Crippen molar-refractivity contribution in [2.75, 3.05) is 0 Å². The Bertz CT molecular complexity index is 3340. The number of aromatic nitrogens is 2. The summed E-state index contributed by atoms with van der Waals surface area (Å²) in [4.78, 5) is 0. The number of hydrogen-bond acceptors (Lipinski definition) is 1. The summed E-state index contributed by atoms with van der Waals surface area (Å²) in [5.74, 6) is 0. The van der Waals surface area contributed by atoms with Gasteiger partial charge >= 0.3 is 0 Å². The molecule has 0 fully saturated rings. The average Bonchev–Trinajstić information content (AvgIpc) is 3.91. The average molecular weight is 691 g/mol. The molecule has 0 atom stereocenters. The van der Waals surface area contributed by atoms with E-state index in [4.69, 9.17) is 4.42 Å². The Morgan fingerprint density at radius 3 is 1.72 bits per heavy atom. The van der Waals surface area contributed by atoms with Crippen LogP contribution < -0.4 is 0 Å². The molecule has 0 unspecified atom stereocenters. The molecule has 54 heavy (non-hydrogen) atoms. The number of fused-ring (bicyclic) bond motifs is 12. The third-order valence-corrected chi connectivity index (χ3v) is 12.1. The molecular formula is C51H34N2O. The van der Waals surface area contributed by atoms with Gasteiger partial charge < -0.3 is 13.6 Å². The largest absolute Gasteiger partial charge is 0.456 e. The van der Waals surface area contributed by atoms with Crippen molar-refractivity contribution >= 4 is 65.6 Å². The predicted molar refractivity (Wildman–Crippen MR) is 225 cm³/mol. The molecule has 1 aliphatic carbocycles. The zero-order valence-electron chi connectivity index (χ0n) is 30.0. The number of furan rings is 1. The van der Waals surface area contributed by atoms with Crippen LogP contribution in [0.4, 0.5) is 0 Å². The lowest BCUT2D eigenvalue weighted by Crippen LogP contribution is -2.14. The van der Waals surface area contributed by atoms with E-state index in [0.717, 1.165) is 33.1 Å². The van der Waals surface area contributed by atoms with Gasteiger partial charge in [0.15, 0.2) is 0 Å². The molecule has 12 rings (SSSR count). The SMILES string of the molecule is CC1(C)c2ccccc2-c2cc3c4cc(-c5ccc6oc7cc8c(cc7c6c5)c5ccccc5n8-c5ccccc5)ccc4n(-c4ccccc4)c3cc21. The van der Waals surface area contributed by atoms with Crippen molar-refractivity contribution in [1.82, 2.24) is 9.13 Å². The number of nitrogens with zero attached hydrogens (tertiary/aromatic N) is 2.